The largest absolute Gasteiger partial charge is 0.491 e. The molecule has 2 aromatic rings. The van der Waals surface area contributed by atoms with E-state index in [1.165, 1.54) is 11.1 Å². The van der Waals surface area contributed by atoms with Crippen molar-refractivity contribution in [2.45, 2.75) is 57.6 Å². The van der Waals surface area contributed by atoms with E-state index in [-0.39, 0.29) is 6.10 Å². The van der Waals surface area contributed by atoms with Crippen LogP contribution in [0, 0.1) is 11.8 Å². The van der Waals surface area contributed by atoms with Gasteiger partial charge in [-0.25, -0.2) is 0 Å². The van der Waals surface area contributed by atoms with Crippen molar-refractivity contribution in [2.75, 3.05) is 63.3 Å². The first kappa shape index (κ1) is 32.5. The van der Waals surface area contributed by atoms with Crippen LogP contribution in [0.15, 0.2) is 52.9 Å². The van der Waals surface area contributed by atoms with E-state index >= 15 is 0 Å². The van der Waals surface area contributed by atoms with Gasteiger partial charge in [0.15, 0.2) is 0 Å². The molecule has 1 saturated heterocycles. The van der Waals surface area contributed by atoms with Gasteiger partial charge in [0.05, 0.1) is 38.2 Å². The standard InChI is InChI=1S/C35H45ClN3O5S/c36-30-11-8-28-24-39-25-29-9-12-31(29)33(44-20-16-38-14-18-42-19-15-38)7-2-1-5-21-45(41)37-35(40)27-10-13-34(32(39)23-27)43-17-4-3-6-26(28)22-30/h2,7-8,10-11,13,22-23,29,31,33H,1,3-6,9,12,14-21,24-25H2/q-1. The van der Waals surface area contributed by atoms with Crippen LogP contribution in [0.25, 0.3) is 0 Å². The van der Waals surface area contributed by atoms with Crippen molar-refractivity contribution >= 4 is 33.8 Å². The molecule has 2 fully saturated rings. The van der Waals surface area contributed by atoms with Crippen LogP contribution in [-0.2, 0) is 37.2 Å². The Morgan fingerprint density at radius 2 is 1.91 bits per heavy atom. The molecule has 8 nitrogen and oxygen atoms in total. The van der Waals surface area contributed by atoms with E-state index < -0.39 is 16.5 Å². The van der Waals surface area contributed by atoms with E-state index in [4.69, 9.17) is 25.8 Å². The highest BCUT2D eigenvalue weighted by Crippen LogP contribution is 2.42. The zero-order valence-electron chi connectivity index (χ0n) is 26.0. The number of carbonyl (C=O) groups is 1. The van der Waals surface area contributed by atoms with E-state index in [9.17, 15) is 9.00 Å². The molecule has 10 heteroatoms. The number of fused-ring (bicyclic) bond motifs is 3. The molecule has 3 atom stereocenters. The van der Waals surface area contributed by atoms with Gasteiger partial charge >= 0.3 is 0 Å². The van der Waals surface area contributed by atoms with Crippen LogP contribution in [0.1, 0.15) is 60.0 Å². The molecule has 1 amide bonds. The lowest BCUT2D eigenvalue weighted by Gasteiger charge is -2.44. The number of allylic oxidation sites excluding steroid dienone is 1. The second-order valence-corrected chi connectivity index (χ2v) is 14.2. The molecule has 0 radical (unpaired) electrons. The minimum atomic E-state index is -1.58. The first-order valence-electron chi connectivity index (χ1n) is 16.6. The number of ether oxygens (including phenoxy) is 3. The lowest BCUT2D eigenvalue weighted by Crippen LogP contribution is -2.44. The molecule has 3 heterocycles. The van der Waals surface area contributed by atoms with E-state index in [1.807, 2.05) is 18.2 Å². The summed E-state index contributed by atoms with van der Waals surface area (Å²) in [5.41, 5.74) is 3.80. The lowest BCUT2D eigenvalue weighted by molar-refractivity contribution is -0.0314. The monoisotopic (exact) mass is 654 g/mol. The van der Waals surface area contributed by atoms with Crippen molar-refractivity contribution in [2.24, 2.45) is 16.2 Å². The molecular weight excluding hydrogens is 610 g/mol. The molecule has 2 aromatic carbocycles. The number of nitrogens with zero attached hydrogens (tertiary/aromatic N) is 3. The summed E-state index contributed by atoms with van der Waals surface area (Å²) in [4.78, 5) is 18.0. The fourth-order valence-corrected chi connectivity index (χ4v) is 7.79. The van der Waals surface area contributed by atoms with Crippen molar-refractivity contribution in [1.82, 2.24) is 4.90 Å². The summed E-state index contributed by atoms with van der Waals surface area (Å²) < 4.78 is 35.3. The second kappa shape index (κ2) is 15.9. The molecule has 1 aliphatic carbocycles. The van der Waals surface area contributed by atoms with E-state index in [0.29, 0.717) is 49.3 Å². The Morgan fingerprint density at radius 1 is 1.02 bits per heavy atom. The maximum absolute atomic E-state index is 13.2. The minimum absolute atomic E-state index is 0.0199. The van der Waals surface area contributed by atoms with Crippen LogP contribution < -0.4 is 9.64 Å². The van der Waals surface area contributed by atoms with Gasteiger partial charge in [-0.1, -0.05) is 42.0 Å². The number of hydrogen-bond acceptors (Lipinski definition) is 8. The fraction of sp³-hybridized carbons (Fsp3) is 0.571. The summed E-state index contributed by atoms with van der Waals surface area (Å²) in [5, 5.41) is 0.749. The summed E-state index contributed by atoms with van der Waals surface area (Å²) in [6.07, 6.45) is 11.0. The Balaban J connectivity index is 1.33. The minimum Gasteiger partial charge on any atom is -0.491 e. The molecule has 45 heavy (non-hydrogen) atoms. The maximum atomic E-state index is 13.2. The topological polar surface area (TPSA) is 80.7 Å². The Kier molecular flexibility index (Phi) is 11.5. The number of benzene rings is 2. The Morgan fingerprint density at radius 3 is 2.76 bits per heavy atom. The highest BCUT2D eigenvalue weighted by Gasteiger charge is 2.38. The summed E-state index contributed by atoms with van der Waals surface area (Å²) in [6.45, 7) is 7.12. The van der Waals surface area contributed by atoms with Gasteiger partial charge in [-0.3, -0.25) is 9.69 Å². The highest BCUT2D eigenvalue weighted by molar-refractivity contribution is 7.75. The predicted molar refractivity (Wildman–Crippen MR) is 179 cm³/mol. The Hall–Kier alpha value is -2.43. The number of rotatable bonds is 4. The third-order valence-electron chi connectivity index (χ3n) is 9.55. The lowest BCUT2D eigenvalue weighted by atomic mass is 9.70. The molecular formula is C35H45ClN3O5S-. The molecule has 6 rings (SSSR count). The SMILES string of the molecule is O=C1N=[S-](=O)CCCC=CC(OCCN2CCOCC2)C2CCC2CN2Cc3ccc(Cl)cc3CCCCOc3ccc1cc32. The van der Waals surface area contributed by atoms with Crippen LogP contribution in [0.2, 0.25) is 5.02 Å². The van der Waals surface area contributed by atoms with Gasteiger partial charge in [-0.15, -0.1) is 0 Å². The quantitative estimate of drug-likeness (QED) is 0.277. The van der Waals surface area contributed by atoms with Crippen LogP contribution in [-0.4, -0.2) is 75.3 Å². The van der Waals surface area contributed by atoms with Crippen molar-refractivity contribution in [3.05, 3.63) is 70.3 Å². The van der Waals surface area contributed by atoms with Crippen LogP contribution >= 0.6 is 11.6 Å². The number of halogens is 1. The van der Waals surface area contributed by atoms with Gasteiger partial charge in [0.1, 0.15) is 5.75 Å². The summed E-state index contributed by atoms with van der Waals surface area (Å²) in [7, 11) is -1.58. The number of carbonyl (C=O) groups excluding carboxylic acids is 1. The third-order valence-corrected chi connectivity index (χ3v) is 10.8. The first-order valence-corrected chi connectivity index (χ1v) is 18.2. The van der Waals surface area contributed by atoms with Gasteiger partial charge in [-0.2, -0.15) is 10.6 Å². The zero-order valence-corrected chi connectivity index (χ0v) is 27.6. The number of morpholine rings is 1. The summed E-state index contributed by atoms with van der Waals surface area (Å²) in [6, 6.07) is 11.7. The van der Waals surface area contributed by atoms with Gasteiger partial charge in [-0.05, 0) is 91.8 Å². The van der Waals surface area contributed by atoms with Gasteiger partial charge in [0, 0.05) is 43.3 Å². The van der Waals surface area contributed by atoms with Crippen LogP contribution in [0.4, 0.5) is 5.69 Å². The maximum Gasteiger partial charge on any atom is 0.254 e. The average molecular weight is 655 g/mol. The molecule has 2 bridgehead atoms. The van der Waals surface area contributed by atoms with Crippen molar-refractivity contribution in [3.8, 4) is 5.75 Å². The van der Waals surface area contributed by atoms with Crippen molar-refractivity contribution < 1.29 is 23.2 Å². The second-order valence-electron chi connectivity index (χ2n) is 12.6. The highest BCUT2D eigenvalue weighted by atomic mass is 35.5. The molecule has 0 spiro atoms. The zero-order chi connectivity index (χ0) is 31.0. The predicted octanol–water partition coefficient (Wildman–Crippen LogP) is 6.44. The first-order chi connectivity index (χ1) is 22.0. The molecule has 3 unspecified atom stereocenters. The van der Waals surface area contributed by atoms with Crippen LogP contribution in [0.3, 0.4) is 0 Å². The number of amides is 1. The summed E-state index contributed by atoms with van der Waals surface area (Å²) in [5.74, 6) is 1.47. The Bertz CT molecular complexity index is 1440. The molecule has 3 aliphatic heterocycles. The molecule has 0 N–H and O–H groups in total. The van der Waals surface area contributed by atoms with Crippen molar-refractivity contribution in [3.63, 3.8) is 0 Å². The normalized spacial score (nSPS) is 25.6. The van der Waals surface area contributed by atoms with Gasteiger partial charge in [0.25, 0.3) is 5.91 Å². The number of hydrogen-bond donors (Lipinski definition) is 0. The number of anilines is 1. The molecule has 4 aliphatic rings. The Labute approximate surface area is 274 Å². The number of aryl methyl sites for hydroxylation is 1. The molecule has 1 saturated carbocycles. The third kappa shape index (κ3) is 8.69. The smallest absolute Gasteiger partial charge is 0.254 e. The molecule has 244 valence electrons. The fourth-order valence-electron chi connectivity index (χ4n) is 6.80. The van der Waals surface area contributed by atoms with Crippen LogP contribution in [0.5, 0.6) is 5.75 Å². The van der Waals surface area contributed by atoms with Gasteiger partial charge < -0.3 is 27.7 Å². The van der Waals surface area contributed by atoms with E-state index in [1.54, 1.807) is 6.07 Å². The molecule has 0 aromatic heterocycles. The summed E-state index contributed by atoms with van der Waals surface area (Å²) >= 11 is 6.46. The van der Waals surface area contributed by atoms with Crippen molar-refractivity contribution in [1.29, 1.82) is 0 Å². The van der Waals surface area contributed by atoms with E-state index in [0.717, 1.165) is 94.4 Å². The average Bonchev–Trinajstić information content (AvgIpc) is 3.05. The van der Waals surface area contributed by atoms with E-state index in [2.05, 4.69) is 38.4 Å². The van der Waals surface area contributed by atoms with Gasteiger partial charge in [0.2, 0.25) is 0 Å².